The van der Waals surface area contributed by atoms with Gasteiger partial charge in [-0.2, -0.15) is 15.0 Å². The number of benzene rings is 1. The fraction of sp³-hybridized carbons (Fsp3) is 0.154. The first-order valence-corrected chi connectivity index (χ1v) is 6.54. The molecule has 2 heterocycles. The molecule has 0 radical (unpaired) electrons. The third-order valence-corrected chi connectivity index (χ3v) is 4.21. The molecule has 0 fully saturated rings. The first kappa shape index (κ1) is 11.7. The number of nitriles is 1. The maximum atomic E-state index is 8.91. The van der Waals surface area contributed by atoms with Crippen molar-refractivity contribution in [1.29, 1.82) is 5.26 Å². The van der Waals surface area contributed by atoms with Crippen LogP contribution in [-0.2, 0) is 0 Å². The molecule has 6 heteroatoms. The Morgan fingerprint density at radius 1 is 1.32 bits per heavy atom. The highest BCUT2D eigenvalue weighted by molar-refractivity contribution is 7.21. The summed E-state index contributed by atoms with van der Waals surface area (Å²) >= 11 is 1.53. The van der Waals surface area contributed by atoms with Gasteiger partial charge in [0, 0.05) is 0 Å². The lowest BCUT2D eigenvalue weighted by atomic mass is 10.1. The lowest BCUT2D eigenvalue weighted by molar-refractivity contribution is 0.883. The summed E-state index contributed by atoms with van der Waals surface area (Å²) in [7, 11) is 0. The predicted molar refractivity (Wildman–Crippen MR) is 75.3 cm³/mol. The van der Waals surface area contributed by atoms with Gasteiger partial charge in [-0.15, -0.1) is 0 Å². The van der Waals surface area contributed by atoms with Crippen LogP contribution in [0.1, 0.15) is 16.7 Å². The second-order valence-electron chi connectivity index (χ2n) is 4.34. The summed E-state index contributed by atoms with van der Waals surface area (Å²) in [5.74, 6) is 0.330. The first-order chi connectivity index (χ1) is 9.11. The van der Waals surface area contributed by atoms with E-state index in [4.69, 9.17) is 11.0 Å². The van der Waals surface area contributed by atoms with E-state index in [0.29, 0.717) is 16.5 Å². The number of nitrogens with zero attached hydrogens (tertiary/aromatic N) is 4. The van der Waals surface area contributed by atoms with Gasteiger partial charge in [0.25, 0.3) is 0 Å². The van der Waals surface area contributed by atoms with Crippen molar-refractivity contribution in [2.75, 3.05) is 5.73 Å². The van der Waals surface area contributed by atoms with Gasteiger partial charge < -0.3 is 5.73 Å². The van der Waals surface area contributed by atoms with E-state index in [0.717, 1.165) is 15.8 Å². The van der Waals surface area contributed by atoms with Crippen LogP contribution < -0.4 is 5.73 Å². The molecule has 0 aliphatic carbocycles. The van der Waals surface area contributed by atoms with Crippen LogP contribution in [0, 0.1) is 25.2 Å². The second kappa shape index (κ2) is 4.07. The van der Waals surface area contributed by atoms with E-state index in [9.17, 15) is 0 Å². The van der Waals surface area contributed by atoms with Crippen molar-refractivity contribution in [2.24, 2.45) is 0 Å². The van der Waals surface area contributed by atoms with E-state index >= 15 is 0 Å². The number of hydrogen-bond acceptors (Lipinski definition) is 5. The number of nitrogen functional groups attached to an aromatic ring is 1. The van der Waals surface area contributed by atoms with Gasteiger partial charge in [0.15, 0.2) is 0 Å². The summed E-state index contributed by atoms with van der Waals surface area (Å²) in [4.78, 5) is 4.58. The van der Waals surface area contributed by atoms with Gasteiger partial charge in [0.2, 0.25) is 5.13 Å². The standard InChI is InChI=1S/C13H11N5S/c1-7-3-4-8(2)11-10(7)17-13(19-11)18-12(15)9(5-14)6-16-18/h3-4,6H,15H2,1-2H3. The van der Waals surface area contributed by atoms with Crippen molar-refractivity contribution in [3.63, 3.8) is 0 Å². The number of thiazole rings is 1. The van der Waals surface area contributed by atoms with E-state index < -0.39 is 0 Å². The Bertz CT molecular complexity index is 783. The summed E-state index contributed by atoms with van der Waals surface area (Å²) in [5, 5.41) is 13.7. The molecule has 3 rings (SSSR count). The van der Waals surface area contributed by atoms with Crippen LogP contribution >= 0.6 is 11.3 Å². The van der Waals surface area contributed by atoms with Crippen molar-refractivity contribution in [1.82, 2.24) is 14.8 Å². The summed E-state index contributed by atoms with van der Waals surface area (Å²) in [5.41, 5.74) is 9.52. The molecular weight excluding hydrogens is 258 g/mol. The first-order valence-electron chi connectivity index (χ1n) is 5.72. The highest BCUT2D eigenvalue weighted by atomic mass is 32.1. The van der Waals surface area contributed by atoms with Crippen LogP contribution in [0.3, 0.4) is 0 Å². The molecule has 2 N–H and O–H groups in total. The minimum Gasteiger partial charge on any atom is -0.382 e. The average molecular weight is 269 g/mol. The van der Waals surface area contributed by atoms with Gasteiger partial charge in [-0.3, -0.25) is 0 Å². The minimum absolute atomic E-state index is 0.330. The molecule has 0 unspecified atom stereocenters. The maximum Gasteiger partial charge on any atom is 0.213 e. The van der Waals surface area contributed by atoms with Gasteiger partial charge in [-0.25, -0.2) is 4.98 Å². The minimum atomic E-state index is 0.330. The highest BCUT2D eigenvalue weighted by Crippen LogP contribution is 2.31. The molecule has 0 amide bonds. The van der Waals surface area contributed by atoms with Crippen LogP contribution in [0.5, 0.6) is 0 Å². The molecule has 0 atom stereocenters. The monoisotopic (exact) mass is 269 g/mol. The fourth-order valence-electron chi connectivity index (χ4n) is 1.94. The number of rotatable bonds is 1. The largest absolute Gasteiger partial charge is 0.382 e. The molecule has 1 aromatic carbocycles. The zero-order valence-corrected chi connectivity index (χ0v) is 11.3. The van der Waals surface area contributed by atoms with Crippen molar-refractivity contribution < 1.29 is 0 Å². The van der Waals surface area contributed by atoms with Gasteiger partial charge in [-0.05, 0) is 25.0 Å². The Hall–Kier alpha value is -2.39. The average Bonchev–Trinajstić information content (AvgIpc) is 2.98. The van der Waals surface area contributed by atoms with Crippen LogP contribution in [0.4, 0.5) is 5.82 Å². The van der Waals surface area contributed by atoms with E-state index in [1.807, 2.05) is 19.1 Å². The van der Waals surface area contributed by atoms with Crippen molar-refractivity contribution in [2.45, 2.75) is 13.8 Å². The normalized spacial score (nSPS) is 10.8. The molecule has 3 aromatic rings. The van der Waals surface area contributed by atoms with Gasteiger partial charge in [0.1, 0.15) is 17.5 Å². The number of hydrogen-bond donors (Lipinski definition) is 1. The third-order valence-electron chi connectivity index (χ3n) is 3.04. The van der Waals surface area contributed by atoms with Crippen LogP contribution in [-0.4, -0.2) is 14.8 Å². The number of aryl methyl sites for hydroxylation is 2. The molecule has 0 aliphatic rings. The molecule has 0 saturated heterocycles. The SMILES string of the molecule is Cc1ccc(C)c2sc(-n3ncc(C#N)c3N)nc12. The predicted octanol–water partition coefficient (Wildman–Crippen LogP) is 2.55. The van der Waals surface area contributed by atoms with Crippen molar-refractivity contribution >= 4 is 27.4 Å². The molecule has 2 aromatic heterocycles. The van der Waals surface area contributed by atoms with Crippen LogP contribution in [0.15, 0.2) is 18.3 Å². The van der Waals surface area contributed by atoms with Crippen molar-refractivity contribution in [3.05, 3.63) is 35.0 Å². The smallest absolute Gasteiger partial charge is 0.213 e. The zero-order chi connectivity index (χ0) is 13.6. The fourth-order valence-corrected chi connectivity index (χ4v) is 3.02. The van der Waals surface area contributed by atoms with Crippen molar-refractivity contribution in [3.8, 4) is 11.2 Å². The van der Waals surface area contributed by atoms with Gasteiger partial charge >= 0.3 is 0 Å². The number of aromatic nitrogens is 3. The lowest BCUT2D eigenvalue weighted by Gasteiger charge is -1.97. The molecule has 0 aliphatic heterocycles. The summed E-state index contributed by atoms with van der Waals surface area (Å²) in [6.45, 7) is 4.08. The lowest BCUT2D eigenvalue weighted by Crippen LogP contribution is -2.01. The third kappa shape index (κ3) is 1.67. The zero-order valence-electron chi connectivity index (χ0n) is 10.5. The molecule has 0 saturated carbocycles. The second-order valence-corrected chi connectivity index (χ2v) is 5.32. The van der Waals surface area contributed by atoms with E-state index in [1.165, 1.54) is 27.8 Å². The maximum absolute atomic E-state index is 8.91. The Morgan fingerprint density at radius 2 is 2.05 bits per heavy atom. The Labute approximate surface area is 113 Å². The summed E-state index contributed by atoms with van der Waals surface area (Å²) in [6, 6.07) is 6.14. The highest BCUT2D eigenvalue weighted by Gasteiger charge is 2.14. The van der Waals surface area contributed by atoms with Crippen LogP contribution in [0.2, 0.25) is 0 Å². The topological polar surface area (TPSA) is 80.5 Å². The summed E-state index contributed by atoms with van der Waals surface area (Å²) in [6.07, 6.45) is 1.46. The Kier molecular flexibility index (Phi) is 2.50. The van der Waals surface area contributed by atoms with Gasteiger partial charge in [0.05, 0.1) is 16.4 Å². The van der Waals surface area contributed by atoms with E-state index in [1.54, 1.807) is 0 Å². The number of anilines is 1. The van der Waals surface area contributed by atoms with E-state index in [2.05, 4.69) is 23.1 Å². The van der Waals surface area contributed by atoms with Crippen LogP contribution in [0.25, 0.3) is 15.3 Å². The molecular formula is C13H11N5S. The Balaban J connectivity index is 2.27. The number of fused-ring (bicyclic) bond motifs is 1. The Morgan fingerprint density at radius 3 is 2.68 bits per heavy atom. The molecule has 94 valence electrons. The molecule has 0 bridgehead atoms. The number of nitrogens with two attached hydrogens (primary N) is 1. The quantitative estimate of drug-likeness (QED) is 0.736. The molecule has 0 spiro atoms. The van der Waals surface area contributed by atoms with Gasteiger partial charge in [-0.1, -0.05) is 23.5 Å². The molecule has 19 heavy (non-hydrogen) atoms. The summed E-state index contributed by atoms with van der Waals surface area (Å²) < 4.78 is 2.64. The van der Waals surface area contributed by atoms with E-state index in [-0.39, 0.29) is 0 Å². The molecule has 5 nitrogen and oxygen atoms in total.